The van der Waals surface area contributed by atoms with Gasteiger partial charge in [-0.2, -0.15) is 0 Å². The summed E-state index contributed by atoms with van der Waals surface area (Å²) in [6.45, 7) is 37.9. The number of pyridine rings is 2. The summed E-state index contributed by atoms with van der Waals surface area (Å²) in [7, 11) is 19.1. The summed E-state index contributed by atoms with van der Waals surface area (Å²) in [5, 5.41) is 0. The van der Waals surface area contributed by atoms with Crippen molar-refractivity contribution < 1.29 is 25.8 Å². The van der Waals surface area contributed by atoms with Crippen molar-refractivity contribution in [2.24, 2.45) is 0 Å². The van der Waals surface area contributed by atoms with Gasteiger partial charge in [0.25, 0.3) is 0 Å². The molecule has 0 saturated heterocycles. The van der Waals surface area contributed by atoms with Gasteiger partial charge in [0.1, 0.15) is 0 Å². The van der Waals surface area contributed by atoms with Crippen LogP contribution in [-0.2, 0) is 50.4 Å². The molecule has 2 aromatic heterocycles. The average Bonchev–Trinajstić information content (AvgIpc) is 3.00. The van der Waals surface area contributed by atoms with Gasteiger partial charge < -0.3 is 0 Å². The van der Waals surface area contributed by atoms with E-state index in [0.29, 0.717) is 25.8 Å². The van der Waals surface area contributed by atoms with Gasteiger partial charge in [-0.3, -0.25) is 9.97 Å². The molecule has 2 rings (SSSR count). The molecule has 0 fully saturated rings. The van der Waals surface area contributed by atoms with E-state index in [4.69, 9.17) is 50.6 Å². The zero-order valence-electron chi connectivity index (χ0n) is 33.8. The second-order valence-corrected chi connectivity index (χ2v) is 31.9. The Morgan fingerprint density at radius 2 is 0.520 bits per heavy atom. The van der Waals surface area contributed by atoms with Crippen molar-refractivity contribution >= 4 is 72.3 Å². The van der Waals surface area contributed by atoms with E-state index in [1.165, 1.54) is 47.4 Å². The van der Waals surface area contributed by atoms with Crippen molar-refractivity contribution in [1.82, 2.24) is 9.97 Å². The van der Waals surface area contributed by atoms with E-state index in [1.54, 1.807) is 0 Å². The van der Waals surface area contributed by atoms with Crippen molar-refractivity contribution in [1.29, 1.82) is 0 Å². The van der Waals surface area contributed by atoms with Gasteiger partial charge in [-0.05, 0) is 69.5 Å². The molecule has 2 heterocycles. The molecule has 0 atom stereocenters. The average molecular weight is 939 g/mol. The molecule has 0 unspecified atom stereocenters. The third-order valence-electron chi connectivity index (χ3n) is 8.41. The van der Waals surface area contributed by atoms with Gasteiger partial charge in [0.05, 0.1) is 0 Å². The number of hydrogen-bond donors (Lipinski definition) is 0. The molecule has 0 aromatic carbocycles. The second-order valence-electron chi connectivity index (χ2n) is 14.8. The van der Waals surface area contributed by atoms with E-state index in [0.717, 1.165) is 45.3 Å². The maximum absolute atomic E-state index is 5.01. The Morgan fingerprint density at radius 1 is 0.380 bits per heavy atom. The molecule has 0 amide bonds. The zero-order chi connectivity index (χ0) is 39.1. The maximum atomic E-state index is 5.01. The Balaban J connectivity index is 0. The van der Waals surface area contributed by atoms with Crippen LogP contribution in [0.1, 0.15) is 134 Å². The number of halogens is 4. The summed E-state index contributed by atoms with van der Waals surface area (Å²) in [6, 6.07) is 13.4. The SMILES string of the molecule is CC(C)P(Cc1cccc(CP(C(C)C)C(C)C)n1)C(C)C.CC(C)P(Cc1cccc(CP(C(C)C)C(C)C)n1)C(C)C.[Cl][Co][Cl].[Cl][Co][Cl]. The molecule has 298 valence electrons. The first-order chi connectivity index (χ1) is 23.3. The predicted molar refractivity (Wildman–Crippen MR) is 235 cm³/mol. The third-order valence-corrected chi connectivity index (χ3v) is 21.8. The van der Waals surface area contributed by atoms with Gasteiger partial charge in [0, 0.05) is 47.4 Å². The fraction of sp³-hybridized carbons (Fsp3) is 0.737. The van der Waals surface area contributed by atoms with Crippen molar-refractivity contribution in [2.45, 2.75) is 181 Å². The van der Waals surface area contributed by atoms with Crippen LogP contribution in [-0.4, -0.2) is 55.2 Å². The van der Waals surface area contributed by atoms with E-state index in [9.17, 15) is 0 Å². The van der Waals surface area contributed by atoms with Crippen molar-refractivity contribution in [3.8, 4) is 0 Å². The Hall–Kier alpha value is 2.19. The minimum atomic E-state index is 0.0302. The Bertz CT molecular complexity index is 920. The van der Waals surface area contributed by atoms with E-state index >= 15 is 0 Å². The summed E-state index contributed by atoms with van der Waals surface area (Å²) in [4.78, 5) is 10.0. The van der Waals surface area contributed by atoms with Gasteiger partial charge in [-0.1, -0.05) is 155 Å². The quantitative estimate of drug-likeness (QED) is 0.157. The first-order valence-corrected chi connectivity index (χ1v) is 30.3. The molecule has 0 radical (unpaired) electrons. The van der Waals surface area contributed by atoms with E-state index in [1.807, 2.05) is 0 Å². The van der Waals surface area contributed by atoms with Crippen LogP contribution in [0, 0.1) is 0 Å². The first kappa shape index (κ1) is 54.3. The van der Waals surface area contributed by atoms with Crippen LogP contribution in [0.15, 0.2) is 36.4 Å². The van der Waals surface area contributed by atoms with Crippen LogP contribution >= 0.6 is 72.3 Å². The van der Waals surface area contributed by atoms with Crippen LogP contribution in [0.3, 0.4) is 0 Å². The molecule has 12 heteroatoms. The molecule has 0 N–H and O–H groups in total. The normalized spacial score (nSPS) is 12.0. The Morgan fingerprint density at radius 3 is 0.640 bits per heavy atom. The van der Waals surface area contributed by atoms with Crippen molar-refractivity contribution in [2.75, 3.05) is 0 Å². The topological polar surface area (TPSA) is 25.8 Å². The van der Waals surface area contributed by atoms with Crippen LogP contribution in [0.2, 0.25) is 0 Å². The summed E-state index contributed by atoms with van der Waals surface area (Å²) in [5.74, 6) is 0. The third kappa shape index (κ3) is 24.7. The van der Waals surface area contributed by atoms with Gasteiger partial charge in [0.2, 0.25) is 0 Å². The van der Waals surface area contributed by atoms with Gasteiger partial charge in [0.15, 0.2) is 0 Å². The number of rotatable bonds is 16. The molecule has 2 nitrogen and oxygen atoms in total. The van der Waals surface area contributed by atoms with Crippen LogP contribution in [0.25, 0.3) is 0 Å². The predicted octanol–water partition coefficient (Wildman–Crippen LogP) is 16.1. The summed E-state index contributed by atoms with van der Waals surface area (Å²) in [6.07, 6.45) is 4.72. The molecule has 0 aliphatic carbocycles. The Kier molecular flexibility index (Phi) is 34.0. The van der Waals surface area contributed by atoms with Gasteiger partial charge in [-0.25, -0.2) is 0 Å². The van der Waals surface area contributed by atoms with Crippen molar-refractivity contribution in [3.63, 3.8) is 0 Å². The summed E-state index contributed by atoms with van der Waals surface area (Å²) >= 11 is 0.764. The molecular weight excluding hydrogens is 868 g/mol. The van der Waals surface area contributed by atoms with E-state index < -0.39 is 0 Å². The molecule has 0 spiro atoms. The van der Waals surface area contributed by atoms with Gasteiger partial charge in [-0.15, -0.1) is 0 Å². The number of hydrogen-bond acceptors (Lipinski definition) is 2. The fourth-order valence-corrected chi connectivity index (χ4v) is 15.9. The zero-order valence-corrected chi connectivity index (χ0v) is 42.5. The first-order valence-electron chi connectivity index (χ1n) is 17.9. The standard InChI is InChI=1S/2C19H35NP2.4ClH.2Co/c2*1-14(2)21(15(3)4)12-18-10-9-11-19(20-18)13-22(16(5)6)17(7)8;;;;;;/h2*9-11,14-17H,12-13H2,1-8H3;4*1H;;/q;;;;;;2*+2/p-4. The molecule has 0 aliphatic rings. The number of nitrogens with zero attached hydrogens (tertiary/aromatic N) is 2. The molecule has 0 bridgehead atoms. The number of aromatic nitrogens is 2. The molecule has 50 heavy (non-hydrogen) atoms. The Labute approximate surface area is 345 Å². The van der Waals surface area contributed by atoms with E-state index in [2.05, 4.69) is 147 Å². The monoisotopic (exact) mass is 936 g/mol. The molecule has 2 aromatic rings. The van der Waals surface area contributed by atoms with E-state index in [-0.39, 0.29) is 31.7 Å². The summed E-state index contributed by atoms with van der Waals surface area (Å²) in [5.41, 5.74) is 11.5. The summed E-state index contributed by atoms with van der Waals surface area (Å²) < 4.78 is 0. The van der Waals surface area contributed by atoms with Crippen LogP contribution in [0.4, 0.5) is 0 Å². The second kappa shape index (κ2) is 31.3. The molecule has 0 aliphatic heterocycles. The van der Waals surface area contributed by atoms with Gasteiger partial charge >= 0.3 is 66.4 Å². The van der Waals surface area contributed by atoms with Crippen molar-refractivity contribution in [3.05, 3.63) is 59.2 Å². The van der Waals surface area contributed by atoms with Crippen LogP contribution in [0.5, 0.6) is 0 Å². The molecular formula is C38H70Cl4Co2N2P4. The minimum absolute atomic E-state index is 0.0302. The fourth-order valence-electron chi connectivity index (χ4n) is 6.00. The molecule has 0 saturated carbocycles. The van der Waals surface area contributed by atoms with Crippen LogP contribution < -0.4 is 0 Å².